The van der Waals surface area contributed by atoms with Crippen molar-refractivity contribution >= 4 is 28.3 Å². The van der Waals surface area contributed by atoms with Crippen molar-refractivity contribution < 1.29 is 33.3 Å². The zero-order chi connectivity index (χ0) is 30.0. The molecule has 1 heterocycles. The number of azide groups is 1. The summed E-state index contributed by atoms with van der Waals surface area (Å²) in [5.41, 5.74) is 9.89. The SMILES string of the molecule is CC(=O)OC[C@H]1O[C@@H](O[Si](C)(C)C(C)(C)C)[C@H](N=[N+]=[N-])[C@@H](OC(=O)c2ccccc2)[C@@]1(O)[Si](C)(C)C(C)(C)C. The maximum Gasteiger partial charge on any atom is 0.338 e. The Balaban J connectivity index is 2.80. The van der Waals surface area contributed by atoms with Gasteiger partial charge in [-0.15, -0.1) is 0 Å². The minimum Gasteiger partial charge on any atom is -0.463 e. The van der Waals surface area contributed by atoms with Gasteiger partial charge in [-0.25, -0.2) is 4.79 Å². The lowest BCUT2D eigenvalue weighted by molar-refractivity contribution is -0.262. The van der Waals surface area contributed by atoms with Gasteiger partial charge in [0.1, 0.15) is 30.1 Å². The number of hydrogen-bond acceptors (Lipinski definition) is 8. The highest BCUT2D eigenvalue weighted by atomic mass is 28.4. The van der Waals surface area contributed by atoms with Crippen molar-refractivity contribution in [3.8, 4) is 0 Å². The number of carbonyl (C=O) groups excluding carboxylic acids is 2. The lowest BCUT2D eigenvalue weighted by atomic mass is 9.96. The maximum atomic E-state index is 13.4. The number of hydrogen-bond donors (Lipinski definition) is 1. The van der Waals surface area contributed by atoms with E-state index in [-0.39, 0.29) is 17.2 Å². The lowest BCUT2D eigenvalue weighted by Gasteiger charge is -2.59. The molecule has 10 nitrogen and oxygen atoms in total. The average Bonchev–Trinajstić information content (AvgIpc) is 2.80. The van der Waals surface area contributed by atoms with Gasteiger partial charge in [0.25, 0.3) is 0 Å². The maximum absolute atomic E-state index is 13.4. The molecule has 1 aliphatic heterocycles. The predicted octanol–water partition coefficient (Wildman–Crippen LogP) is 5.98. The summed E-state index contributed by atoms with van der Waals surface area (Å²) in [4.78, 5) is 28.4. The normalized spacial score (nSPS) is 26.4. The Kier molecular flexibility index (Phi) is 9.91. The molecule has 1 fully saturated rings. The average molecular weight is 580 g/mol. The van der Waals surface area contributed by atoms with Crippen LogP contribution in [0.2, 0.25) is 36.3 Å². The third kappa shape index (κ3) is 6.75. The Morgan fingerprint density at radius 2 is 1.64 bits per heavy atom. The summed E-state index contributed by atoms with van der Waals surface area (Å²) in [5.74, 6) is -1.23. The van der Waals surface area contributed by atoms with Gasteiger partial charge in [-0.05, 0) is 40.8 Å². The third-order valence-electron chi connectivity index (χ3n) is 8.77. The molecule has 0 saturated carbocycles. The van der Waals surface area contributed by atoms with Crippen molar-refractivity contribution in [1.29, 1.82) is 0 Å². The van der Waals surface area contributed by atoms with Crippen LogP contribution in [0.3, 0.4) is 0 Å². The van der Waals surface area contributed by atoms with E-state index in [1.807, 2.05) is 47.0 Å². The van der Waals surface area contributed by atoms with Crippen molar-refractivity contribution in [2.24, 2.45) is 5.11 Å². The van der Waals surface area contributed by atoms with E-state index in [0.29, 0.717) is 0 Å². The number of benzene rings is 1. The van der Waals surface area contributed by atoms with Crippen LogP contribution in [0, 0.1) is 0 Å². The first kappa shape index (κ1) is 33.0. The highest BCUT2D eigenvalue weighted by molar-refractivity contribution is 6.83. The molecule has 1 saturated heterocycles. The first-order valence-electron chi connectivity index (χ1n) is 13.2. The highest BCUT2D eigenvalue weighted by Crippen LogP contribution is 2.51. The Labute approximate surface area is 234 Å². The van der Waals surface area contributed by atoms with Crippen LogP contribution in [-0.2, 0) is 23.4 Å². The second-order valence-corrected chi connectivity index (χ2v) is 23.6. The van der Waals surface area contributed by atoms with E-state index < -0.39 is 63.1 Å². The van der Waals surface area contributed by atoms with Gasteiger partial charge in [-0.1, -0.05) is 77.9 Å². The van der Waals surface area contributed by atoms with E-state index in [0.717, 1.165) is 0 Å². The smallest absolute Gasteiger partial charge is 0.338 e. The fourth-order valence-electron chi connectivity index (χ4n) is 4.31. The molecule has 0 amide bonds. The molecule has 39 heavy (non-hydrogen) atoms. The molecule has 0 aromatic heterocycles. The fraction of sp³-hybridized carbons (Fsp3) is 0.704. The van der Waals surface area contributed by atoms with Crippen LogP contribution in [-0.4, -0.2) is 69.8 Å². The third-order valence-corrected chi connectivity index (χ3v) is 19.6. The van der Waals surface area contributed by atoms with E-state index in [1.165, 1.54) is 6.92 Å². The van der Waals surface area contributed by atoms with E-state index >= 15 is 0 Å². The van der Waals surface area contributed by atoms with Crippen molar-refractivity contribution in [2.45, 2.75) is 114 Å². The fourth-order valence-corrected chi connectivity index (χ4v) is 8.54. The van der Waals surface area contributed by atoms with Crippen LogP contribution < -0.4 is 0 Å². The summed E-state index contributed by atoms with van der Waals surface area (Å²) in [5, 5.41) is 14.3. The van der Waals surface area contributed by atoms with E-state index in [2.05, 4.69) is 30.8 Å². The molecule has 0 unspecified atom stereocenters. The van der Waals surface area contributed by atoms with Gasteiger partial charge in [0.15, 0.2) is 14.6 Å². The summed E-state index contributed by atoms with van der Waals surface area (Å²) in [7, 11) is -5.48. The number of nitrogens with zero attached hydrogens (tertiary/aromatic N) is 3. The molecular weight excluding hydrogens is 534 g/mol. The lowest BCUT2D eigenvalue weighted by Crippen LogP contribution is -2.79. The van der Waals surface area contributed by atoms with Gasteiger partial charge in [-0.2, -0.15) is 0 Å². The Hall–Kier alpha value is -2.22. The molecule has 1 N–H and O–H groups in total. The Morgan fingerprint density at radius 3 is 2.10 bits per heavy atom. The first-order chi connectivity index (χ1) is 17.7. The van der Waals surface area contributed by atoms with Crippen LogP contribution in [0.25, 0.3) is 10.4 Å². The zero-order valence-corrected chi connectivity index (χ0v) is 27.1. The molecule has 0 bridgehead atoms. The summed E-state index contributed by atoms with van der Waals surface area (Å²) in [6.07, 6.45) is -3.61. The summed E-state index contributed by atoms with van der Waals surface area (Å²) in [6, 6.07) is 7.20. The van der Waals surface area contributed by atoms with Crippen LogP contribution in [0.5, 0.6) is 0 Å². The predicted molar refractivity (Wildman–Crippen MR) is 154 cm³/mol. The second-order valence-electron chi connectivity index (χ2n) is 13.3. The van der Waals surface area contributed by atoms with Crippen LogP contribution in [0.4, 0.5) is 0 Å². The molecular formula is C27H45N3O7Si2. The van der Waals surface area contributed by atoms with Crippen LogP contribution in [0.1, 0.15) is 58.8 Å². The number of rotatable bonds is 8. The van der Waals surface area contributed by atoms with E-state index in [4.69, 9.17) is 18.6 Å². The highest BCUT2D eigenvalue weighted by Gasteiger charge is 2.68. The molecule has 1 aliphatic rings. The number of esters is 2. The number of carbonyl (C=O) groups is 2. The standard InChI is InChI=1S/C27H45N3O7Si2/c1-18(31)34-17-20-27(33,38(8,9)25(2,3)4)22(36-23(32)19-15-13-12-14-16-19)21(29-30-28)24(35-20)37-39(10,11)26(5,6)7/h12-16,20-22,24,33H,17H2,1-11H3/t20-,21-,22-,24+,27+/m1/s1. The van der Waals surface area contributed by atoms with Crippen molar-refractivity contribution in [3.05, 3.63) is 46.3 Å². The molecule has 1 aromatic carbocycles. The molecule has 12 heteroatoms. The second kappa shape index (κ2) is 11.7. The van der Waals surface area contributed by atoms with Crippen LogP contribution >= 0.6 is 0 Å². The van der Waals surface area contributed by atoms with Gasteiger partial charge >= 0.3 is 11.9 Å². The first-order valence-corrected chi connectivity index (χ1v) is 19.1. The summed E-state index contributed by atoms with van der Waals surface area (Å²) < 4.78 is 24.5. The quantitative estimate of drug-likeness (QED) is 0.131. The Morgan fingerprint density at radius 1 is 1.08 bits per heavy atom. The van der Waals surface area contributed by atoms with Gasteiger partial charge < -0.3 is 23.7 Å². The molecule has 0 spiro atoms. The van der Waals surface area contributed by atoms with Gasteiger partial charge in [0, 0.05) is 11.8 Å². The van der Waals surface area contributed by atoms with E-state index in [1.54, 1.807) is 30.3 Å². The molecule has 2 rings (SSSR count). The van der Waals surface area contributed by atoms with Gasteiger partial charge in [0.05, 0.1) is 13.6 Å². The molecule has 0 aliphatic carbocycles. The van der Waals surface area contributed by atoms with Gasteiger partial charge in [-0.3, -0.25) is 4.79 Å². The monoisotopic (exact) mass is 579 g/mol. The number of aliphatic hydroxyl groups is 1. The van der Waals surface area contributed by atoms with Crippen molar-refractivity contribution in [2.75, 3.05) is 6.61 Å². The summed E-state index contributed by atoms with van der Waals surface area (Å²) in [6.45, 7) is 21.1. The number of ether oxygens (including phenoxy) is 3. The Bertz CT molecular complexity index is 1080. The topological polar surface area (TPSA) is 140 Å². The summed E-state index contributed by atoms with van der Waals surface area (Å²) >= 11 is 0. The van der Waals surface area contributed by atoms with E-state index in [9.17, 15) is 20.2 Å². The molecule has 1 aromatic rings. The van der Waals surface area contributed by atoms with Crippen LogP contribution in [0.15, 0.2) is 35.4 Å². The minimum absolute atomic E-state index is 0.230. The van der Waals surface area contributed by atoms with Crippen molar-refractivity contribution in [3.63, 3.8) is 0 Å². The largest absolute Gasteiger partial charge is 0.463 e. The minimum atomic E-state index is -2.96. The zero-order valence-electron chi connectivity index (χ0n) is 25.1. The van der Waals surface area contributed by atoms with Gasteiger partial charge in [0.2, 0.25) is 0 Å². The molecule has 0 radical (unpaired) electrons. The van der Waals surface area contributed by atoms with Crippen molar-refractivity contribution in [1.82, 2.24) is 0 Å². The molecule has 5 atom stereocenters. The molecule has 218 valence electrons.